The summed E-state index contributed by atoms with van der Waals surface area (Å²) >= 11 is 0. The molecule has 8 heteroatoms. The standard InChI is InChI=1S/C35H34F2N4O2/c36-29-11-7-10-25(33(29)37)20-31(42)38-27-16-17-30-28(21-27)32(35(43)40-30)34(24-8-3-1-4-9-24)39-26-14-12-23(13-15-26)22-41-18-5-2-6-19-41/h1,3-4,7-17,28,39H,2,5-6,18-22H2,(H,38,42)(H,40,43). The van der Waals surface area contributed by atoms with Crippen LogP contribution in [0.2, 0.25) is 0 Å². The number of fused-ring (bicyclic) bond motifs is 1. The van der Waals surface area contributed by atoms with Crippen molar-refractivity contribution in [2.75, 3.05) is 18.4 Å². The van der Waals surface area contributed by atoms with Crippen molar-refractivity contribution in [3.05, 3.63) is 130 Å². The Morgan fingerprint density at radius 3 is 2.42 bits per heavy atom. The maximum absolute atomic E-state index is 14.1. The number of hydrogen-bond acceptors (Lipinski definition) is 4. The zero-order valence-corrected chi connectivity index (χ0v) is 23.8. The van der Waals surface area contributed by atoms with Crippen molar-refractivity contribution in [2.24, 2.45) is 5.92 Å². The third-order valence-corrected chi connectivity index (χ3v) is 8.21. The van der Waals surface area contributed by atoms with E-state index in [4.69, 9.17) is 0 Å². The fraction of sp³-hybridized carbons (Fsp3) is 0.257. The van der Waals surface area contributed by atoms with Crippen molar-refractivity contribution in [1.82, 2.24) is 15.5 Å². The van der Waals surface area contributed by atoms with Crippen molar-refractivity contribution in [3.63, 3.8) is 0 Å². The summed E-state index contributed by atoms with van der Waals surface area (Å²) in [6.07, 6.45) is 7.40. The molecule has 0 radical (unpaired) electrons. The molecule has 3 N–H and O–H groups in total. The van der Waals surface area contributed by atoms with Crippen LogP contribution < -0.4 is 16.0 Å². The van der Waals surface area contributed by atoms with Crippen LogP contribution in [0.5, 0.6) is 0 Å². The molecule has 1 aliphatic carbocycles. The maximum atomic E-state index is 14.1. The average Bonchev–Trinajstić information content (AvgIpc) is 3.34. The minimum absolute atomic E-state index is 0.0130. The van der Waals surface area contributed by atoms with Crippen molar-refractivity contribution in [1.29, 1.82) is 0 Å². The first-order valence-electron chi connectivity index (χ1n) is 14.8. The predicted octanol–water partition coefficient (Wildman–Crippen LogP) is 6.05. The van der Waals surface area contributed by atoms with E-state index in [1.807, 2.05) is 42.5 Å². The van der Waals surface area contributed by atoms with Gasteiger partial charge in [-0.25, -0.2) is 8.78 Å². The van der Waals surface area contributed by atoms with Crippen LogP contribution in [0.3, 0.4) is 0 Å². The summed E-state index contributed by atoms with van der Waals surface area (Å²) in [4.78, 5) is 28.7. The van der Waals surface area contributed by atoms with Crippen molar-refractivity contribution in [3.8, 4) is 0 Å². The lowest BCUT2D eigenvalue weighted by Crippen LogP contribution is -2.29. The molecular formula is C35H34F2N4O2. The van der Waals surface area contributed by atoms with Crippen molar-refractivity contribution < 1.29 is 18.4 Å². The second-order valence-corrected chi connectivity index (χ2v) is 11.3. The molecule has 2 heterocycles. The van der Waals surface area contributed by atoms with E-state index in [0.717, 1.165) is 42.6 Å². The molecular weight excluding hydrogens is 546 g/mol. The van der Waals surface area contributed by atoms with Gasteiger partial charge in [-0.1, -0.05) is 61.0 Å². The number of piperidine rings is 1. The number of allylic oxidation sites excluding steroid dienone is 4. The molecule has 3 aliphatic rings. The average molecular weight is 581 g/mol. The Kier molecular flexibility index (Phi) is 8.47. The van der Waals surface area contributed by atoms with Gasteiger partial charge >= 0.3 is 0 Å². The van der Waals surface area contributed by atoms with E-state index < -0.39 is 17.5 Å². The summed E-state index contributed by atoms with van der Waals surface area (Å²) in [6.45, 7) is 3.20. The largest absolute Gasteiger partial charge is 0.355 e. The highest BCUT2D eigenvalue weighted by Crippen LogP contribution is 2.39. The predicted molar refractivity (Wildman–Crippen MR) is 163 cm³/mol. The number of nitrogens with zero attached hydrogens (tertiary/aromatic N) is 1. The Morgan fingerprint density at radius 1 is 0.884 bits per heavy atom. The minimum Gasteiger partial charge on any atom is -0.355 e. The Hall–Kier alpha value is -4.56. The zero-order chi connectivity index (χ0) is 29.8. The number of rotatable bonds is 8. The normalized spacial score (nSPS) is 19.6. The molecule has 1 unspecified atom stereocenters. The SMILES string of the molecule is O=C(Cc1cccc(F)c1F)NC1=CC=C2NC(=O)C(=C(Nc3ccc(CN4CCCCC4)cc3)c3ccccc3)C2C1. The lowest BCUT2D eigenvalue weighted by Gasteiger charge is -2.26. The number of benzene rings is 3. The summed E-state index contributed by atoms with van der Waals surface area (Å²) in [7, 11) is 0. The van der Waals surface area contributed by atoms with Crippen LogP contribution in [0.15, 0.2) is 102 Å². The van der Waals surface area contributed by atoms with Crippen LogP contribution in [-0.2, 0) is 22.6 Å². The number of halogens is 2. The van der Waals surface area contributed by atoms with Crippen LogP contribution in [0.4, 0.5) is 14.5 Å². The van der Waals surface area contributed by atoms with Crippen LogP contribution >= 0.6 is 0 Å². The first-order chi connectivity index (χ1) is 20.9. The highest BCUT2D eigenvalue weighted by atomic mass is 19.2. The fourth-order valence-electron chi connectivity index (χ4n) is 6.02. The lowest BCUT2D eigenvalue weighted by molar-refractivity contribution is -0.120. The van der Waals surface area contributed by atoms with Gasteiger partial charge in [0, 0.05) is 41.5 Å². The molecule has 0 saturated carbocycles. The van der Waals surface area contributed by atoms with Gasteiger partial charge in [0.2, 0.25) is 5.91 Å². The van der Waals surface area contributed by atoms with Gasteiger partial charge in [0.05, 0.1) is 17.7 Å². The minimum atomic E-state index is -1.02. The van der Waals surface area contributed by atoms with E-state index in [1.165, 1.54) is 37.0 Å². The van der Waals surface area contributed by atoms with Gasteiger partial charge in [-0.15, -0.1) is 0 Å². The molecule has 3 aromatic carbocycles. The summed E-state index contributed by atoms with van der Waals surface area (Å²) in [5, 5.41) is 9.35. The van der Waals surface area contributed by atoms with E-state index in [-0.39, 0.29) is 23.8 Å². The molecule has 0 bridgehead atoms. The topological polar surface area (TPSA) is 73.5 Å². The molecule has 2 amide bonds. The van der Waals surface area contributed by atoms with E-state index >= 15 is 0 Å². The number of likely N-dealkylation sites (tertiary alicyclic amines) is 1. The maximum Gasteiger partial charge on any atom is 0.254 e. The molecule has 0 spiro atoms. The van der Waals surface area contributed by atoms with Crippen LogP contribution in [0.1, 0.15) is 42.4 Å². The quantitative estimate of drug-likeness (QED) is 0.284. The molecule has 3 aromatic rings. The number of carbonyl (C=O) groups excluding carboxylic acids is 2. The first-order valence-corrected chi connectivity index (χ1v) is 14.8. The van der Waals surface area contributed by atoms with Crippen molar-refractivity contribution in [2.45, 2.75) is 38.6 Å². The van der Waals surface area contributed by atoms with Gasteiger partial charge in [0.25, 0.3) is 5.91 Å². The molecule has 43 heavy (non-hydrogen) atoms. The van der Waals surface area contributed by atoms with Crippen LogP contribution in [0, 0.1) is 17.6 Å². The summed E-state index contributed by atoms with van der Waals surface area (Å²) < 4.78 is 27.8. The first kappa shape index (κ1) is 28.6. The fourth-order valence-corrected chi connectivity index (χ4v) is 6.02. The van der Waals surface area contributed by atoms with Gasteiger partial charge in [0.15, 0.2) is 11.6 Å². The van der Waals surface area contributed by atoms with Crippen LogP contribution in [-0.4, -0.2) is 29.8 Å². The molecule has 2 fully saturated rings. The van der Waals surface area contributed by atoms with E-state index in [9.17, 15) is 18.4 Å². The van der Waals surface area contributed by atoms with Gasteiger partial charge in [0.1, 0.15) is 0 Å². The lowest BCUT2D eigenvalue weighted by atomic mass is 9.88. The third kappa shape index (κ3) is 6.60. The van der Waals surface area contributed by atoms with Gasteiger partial charge in [-0.2, -0.15) is 0 Å². The monoisotopic (exact) mass is 580 g/mol. The molecule has 1 atom stereocenters. The smallest absolute Gasteiger partial charge is 0.254 e. The second-order valence-electron chi connectivity index (χ2n) is 11.3. The van der Waals surface area contributed by atoms with Gasteiger partial charge in [-0.3, -0.25) is 14.5 Å². The Morgan fingerprint density at radius 2 is 1.65 bits per heavy atom. The second kappa shape index (κ2) is 12.8. The molecule has 220 valence electrons. The molecule has 6 rings (SSSR count). The number of carbonyl (C=O) groups is 2. The van der Waals surface area contributed by atoms with E-state index in [1.54, 1.807) is 12.2 Å². The number of amides is 2. The Bertz CT molecular complexity index is 1610. The zero-order valence-electron chi connectivity index (χ0n) is 23.8. The summed E-state index contributed by atoms with van der Waals surface area (Å²) in [5.74, 6) is -2.99. The van der Waals surface area contributed by atoms with E-state index in [2.05, 4.69) is 33.0 Å². The van der Waals surface area contributed by atoms with Gasteiger partial charge < -0.3 is 16.0 Å². The Labute approximate surface area is 250 Å². The number of anilines is 1. The molecule has 0 aromatic heterocycles. The summed E-state index contributed by atoms with van der Waals surface area (Å²) in [5.41, 5.74) is 5.60. The summed E-state index contributed by atoms with van der Waals surface area (Å²) in [6, 6.07) is 21.9. The molecule has 6 nitrogen and oxygen atoms in total. The van der Waals surface area contributed by atoms with Gasteiger partial charge in [-0.05, 0) is 67.4 Å². The number of hydrogen-bond donors (Lipinski definition) is 3. The Balaban J connectivity index is 1.22. The highest BCUT2D eigenvalue weighted by molar-refractivity contribution is 6.07. The van der Waals surface area contributed by atoms with Crippen LogP contribution in [0.25, 0.3) is 5.70 Å². The van der Waals surface area contributed by atoms with E-state index in [0.29, 0.717) is 23.4 Å². The third-order valence-electron chi connectivity index (χ3n) is 8.21. The van der Waals surface area contributed by atoms with Crippen molar-refractivity contribution >= 4 is 23.2 Å². The molecule has 2 saturated heterocycles. The highest BCUT2D eigenvalue weighted by Gasteiger charge is 2.38. The molecule has 2 aliphatic heterocycles. The number of nitrogens with one attached hydrogen (secondary N) is 3.